The average molecular weight is 258 g/mol. The van der Waals surface area contributed by atoms with E-state index in [1.54, 1.807) is 4.90 Å². The van der Waals surface area contributed by atoms with Gasteiger partial charge in [0.05, 0.1) is 0 Å². The Morgan fingerprint density at radius 3 is 2.61 bits per heavy atom. The van der Waals surface area contributed by atoms with Gasteiger partial charge in [0.1, 0.15) is 11.8 Å². The van der Waals surface area contributed by atoms with Crippen LogP contribution in [0, 0.1) is 5.41 Å². The number of ether oxygens (including phenoxy) is 1. The molecule has 0 aromatic carbocycles. The molecule has 1 spiro atoms. The summed E-state index contributed by atoms with van der Waals surface area (Å²) in [7, 11) is 0. The van der Waals surface area contributed by atoms with Crippen LogP contribution in [0.25, 0.3) is 0 Å². The minimum atomic E-state index is -0.927. The number of nitrogens with zero attached hydrogens (tertiary/aromatic N) is 1. The number of hydrogen-bond acceptors (Lipinski definition) is 3. The smallest absolute Gasteiger partial charge is 0.410 e. The molecule has 2 rings (SSSR count). The number of nitrogens with two attached hydrogens (primary N) is 1. The molecule has 1 saturated heterocycles. The highest BCUT2D eigenvalue weighted by atomic mass is 19.1. The number of amides is 1. The van der Waals surface area contributed by atoms with Crippen LogP contribution >= 0.6 is 0 Å². The van der Waals surface area contributed by atoms with Crippen LogP contribution in [0.5, 0.6) is 0 Å². The maximum atomic E-state index is 13.6. The number of rotatable bonds is 0. The van der Waals surface area contributed by atoms with E-state index in [-0.39, 0.29) is 17.6 Å². The van der Waals surface area contributed by atoms with Crippen molar-refractivity contribution in [3.63, 3.8) is 0 Å². The third-order valence-electron chi connectivity index (χ3n) is 3.85. The first-order chi connectivity index (χ1) is 8.21. The topological polar surface area (TPSA) is 55.6 Å². The third kappa shape index (κ3) is 2.76. The molecule has 18 heavy (non-hydrogen) atoms. The Hall–Kier alpha value is -0.840. The van der Waals surface area contributed by atoms with Gasteiger partial charge in [-0.15, -0.1) is 0 Å². The molecule has 2 N–H and O–H groups in total. The second kappa shape index (κ2) is 4.37. The molecule has 2 fully saturated rings. The number of hydrogen-bond donors (Lipinski definition) is 1. The van der Waals surface area contributed by atoms with Crippen molar-refractivity contribution < 1.29 is 13.9 Å². The maximum absolute atomic E-state index is 13.6. The van der Waals surface area contributed by atoms with Gasteiger partial charge in [-0.3, -0.25) is 0 Å². The zero-order valence-corrected chi connectivity index (χ0v) is 11.4. The largest absolute Gasteiger partial charge is 0.444 e. The highest BCUT2D eigenvalue weighted by Crippen LogP contribution is 2.46. The first-order valence-corrected chi connectivity index (χ1v) is 6.58. The van der Waals surface area contributed by atoms with E-state index in [0.717, 1.165) is 6.42 Å². The Labute approximate surface area is 108 Å². The predicted octanol–water partition coefficient (Wildman–Crippen LogP) is 2.07. The fourth-order valence-corrected chi connectivity index (χ4v) is 3.03. The van der Waals surface area contributed by atoms with Crippen molar-refractivity contribution in [3.05, 3.63) is 0 Å². The van der Waals surface area contributed by atoms with Crippen LogP contribution in [0.2, 0.25) is 0 Å². The number of halogens is 1. The van der Waals surface area contributed by atoms with Crippen LogP contribution in [0.15, 0.2) is 0 Å². The van der Waals surface area contributed by atoms with Crippen molar-refractivity contribution in [1.29, 1.82) is 0 Å². The zero-order valence-electron chi connectivity index (χ0n) is 11.4. The number of likely N-dealkylation sites (tertiary alicyclic amines) is 1. The van der Waals surface area contributed by atoms with Gasteiger partial charge in [-0.05, 0) is 45.4 Å². The highest BCUT2D eigenvalue weighted by molar-refractivity contribution is 5.68. The molecular weight excluding hydrogens is 235 g/mol. The Morgan fingerprint density at radius 1 is 1.44 bits per heavy atom. The van der Waals surface area contributed by atoms with Crippen LogP contribution in [-0.2, 0) is 4.74 Å². The molecule has 1 saturated carbocycles. The Morgan fingerprint density at radius 2 is 2.11 bits per heavy atom. The number of carbonyl (C=O) groups excluding carboxylic acids is 1. The van der Waals surface area contributed by atoms with Crippen LogP contribution in [0.3, 0.4) is 0 Å². The maximum Gasteiger partial charge on any atom is 0.410 e. The summed E-state index contributed by atoms with van der Waals surface area (Å²) < 4.78 is 18.9. The lowest BCUT2D eigenvalue weighted by Gasteiger charge is -2.26. The van der Waals surface area contributed by atoms with Gasteiger partial charge in [0.25, 0.3) is 0 Å². The first-order valence-electron chi connectivity index (χ1n) is 6.58. The van der Waals surface area contributed by atoms with Gasteiger partial charge in [0, 0.05) is 19.1 Å². The molecule has 4 nitrogen and oxygen atoms in total. The van der Waals surface area contributed by atoms with E-state index < -0.39 is 11.8 Å². The molecule has 0 aromatic rings. The molecule has 0 aromatic heterocycles. The van der Waals surface area contributed by atoms with E-state index in [1.807, 2.05) is 20.8 Å². The lowest BCUT2D eigenvalue weighted by molar-refractivity contribution is 0.0272. The lowest BCUT2D eigenvalue weighted by atomic mass is 9.85. The Bertz CT molecular complexity index is 330. The molecular formula is C13H23FN2O2. The summed E-state index contributed by atoms with van der Waals surface area (Å²) in [6, 6.07) is -0.372. The monoisotopic (exact) mass is 258 g/mol. The molecule has 3 atom stereocenters. The Kier molecular flexibility index (Phi) is 3.30. The SMILES string of the molecule is CC(C)(C)OC(=O)N1CC[C@]2(CC(N)[C@@H](F)C2)C1. The molecule has 1 amide bonds. The minimum Gasteiger partial charge on any atom is -0.444 e. The molecule has 5 heteroatoms. The van der Waals surface area contributed by atoms with Crippen molar-refractivity contribution in [1.82, 2.24) is 4.90 Å². The van der Waals surface area contributed by atoms with Crippen LogP contribution in [-0.4, -0.2) is 41.9 Å². The molecule has 104 valence electrons. The van der Waals surface area contributed by atoms with E-state index >= 15 is 0 Å². The fourth-order valence-electron chi connectivity index (χ4n) is 3.03. The van der Waals surface area contributed by atoms with Crippen molar-refractivity contribution >= 4 is 6.09 Å². The lowest BCUT2D eigenvalue weighted by Crippen LogP contribution is -2.36. The van der Waals surface area contributed by atoms with E-state index in [9.17, 15) is 9.18 Å². The van der Waals surface area contributed by atoms with Gasteiger partial charge >= 0.3 is 6.09 Å². The van der Waals surface area contributed by atoms with Gasteiger partial charge in [-0.25, -0.2) is 9.18 Å². The normalized spacial score (nSPS) is 36.4. The third-order valence-corrected chi connectivity index (χ3v) is 3.85. The number of alkyl halides is 1. The van der Waals surface area contributed by atoms with Gasteiger partial charge in [0.2, 0.25) is 0 Å². The van der Waals surface area contributed by atoms with Gasteiger partial charge in [-0.1, -0.05) is 0 Å². The zero-order chi connectivity index (χ0) is 13.6. The van der Waals surface area contributed by atoms with Crippen molar-refractivity contribution in [2.24, 2.45) is 11.1 Å². The molecule has 1 aliphatic heterocycles. The quantitative estimate of drug-likeness (QED) is 0.723. The summed E-state index contributed by atoms with van der Waals surface area (Å²) in [5.41, 5.74) is 5.15. The summed E-state index contributed by atoms with van der Waals surface area (Å²) in [4.78, 5) is 13.6. The van der Waals surface area contributed by atoms with Crippen molar-refractivity contribution in [2.75, 3.05) is 13.1 Å². The van der Waals surface area contributed by atoms with Crippen LogP contribution in [0.1, 0.15) is 40.0 Å². The first kappa shape index (κ1) is 13.6. The summed E-state index contributed by atoms with van der Waals surface area (Å²) in [5, 5.41) is 0. The van der Waals surface area contributed by atoms with Gasteiger partial charge in [-0.2, -0.15) is 0 Å². The fraction of sp³-hybridized carbons (Fsp3) is 0.923. The number of carbonyl (C=O) groups is 1. The molecule has 0 bridgehead atoms. The second-order valence-corrected chi connectivity index (χ2v) is 6.74. The molecule has 1 unspecified atom stereocenters. The van der Waals surface area contributed by atoms with E-state index in [0.29, 0.717) is 25.9 Å². The molecule has 1 heterocycles. The Balaban J connectivity index is 1.95. The molecule has 2 aliphatic rings. The van der Waals surface area contributed by atoms with Crippen LogP contribution < -0.4 is 5.73 Å². The van der Waals surface area contributed by atoms with Gasteiger partial charge < -0.3 is 15.4 Å². The van der Waals surface area contributed by atoms with Crippen molar-refractivity contribution in [2.45, 2.75) is 57.8 Å². The summed E-state index contributed by atoms with van der Waals surface area (Å²) in [6.45, 7) is 6.77. The summed E-state index contributed by atoms with van der Waals surface area (Å²) in [5.74, 6) is 0. The minimum absolute atomic E-state index is 0.115. The second-order valence-electron chi connectivity index (χ2n) is 6.74. The summed E-state index contributed by atoms with van der Waals surface area (Å²) >= 11 is 0. The standard InChI is InChI=1S/C13H23FN2O2/c1-12(2,3)18-11(17)16-5-4-13(8-16)6-9(14)10(15)7-13/h9-10H,4-8,15H2,1-3H3/t9-,10?,13-/m0/s1. The van der Waals surface area contributed by atoms with Gasteiger partial charge in [0.15, 0.2) is 0 Å². The molecule has 0 radical (unpaired) electrons. The van der Waals surface area contributed by atoms with Crippen molar-refractivity contribution in [3.8, 4) is 0 Å². The molecule has 1 aliphatic carbocycles. The van der Waals surface area contributed by atoms with E-state index in [4.69, 9.17) is 10.5 Å². The highest BCUT2D eigenvalue weighted by Gasteiger charge is 2.49. The van der Waals surface area contributed by atoms with Crippen LogP contribution in [0.4, 0.5) is 9.18 Å². The average Bonchev–Trinajstić information content (AvgIpc) is 2.70. The van der Waals surface area contributed by atoms with E-state index in [1.165, 1.54) is 0 Å². The predicted molar refractivity (Wildman–Crippen MR) is 67.0 cm³/mol. The van der Waals surface area contributed by atoms with E-state index in [2.05, 4.69) is 0 Å². The summed E-state index contributed by atoms with van der Waals surface area (Å²) in [6.07, 6.45) is 0.764.